The van der Waals surface area contributed by atoms with Gasteiger partial charge in [-0.3, -0.25) is 4.98 Å². The van der Waals surface area contributed by atoms with Crippen molar-refractivity contribution in [2.24, 2.45) is 0 Å². The van der Waals surface area contributed by atoms with Gasteiger partial charge in [0, 0.05) is 12.6 Å². The molecule has 2 aromatic carbocycles. The van der Waals surface area contributed by atoms with Crippen molar-refractivity contribution in [1.82, 2.24) is 10.3 Å². The number of carbonyl (C=O) groups is 1. The summed E-state index contributed by atoms with van der Waals surface area (Å²) in [6.45, 7) is -0.377. The van der Waals surface area contributed by atoms with E-state index in [4.69, 9.17) is 22.8 Å². The Labute approximate surface area is 192 Å². The molecule has 1 unspecified atom stereocenters. The smallest absolute Gasteiger partial charge is 0.416 e. The van der Waals surface area contributed by atoms with Gasteiger partial charge >= 0.3 is 12.3 Å². The fourth-order valence-electron chi connectivity index (χ4n) is 3.37. The van der Waals surface area contributed by atoms with Crippen molar-refractivity contribution in [3.05, 3.63) is 100 Å². The highest BCUT2D eigenvalue weighted by Crippen LogP contribution is 2.38. The zero-order valence-corrected chi connectivity index (χ0v) is 17.8. The van der Waals surface area contributed by atoms with Crippen LogP contribution in [0.4, 0.5) is 22.4 Å². The molecule has 1 N–H and O–H groups in total. The predicted molar refractivity (Wildman–Crippen MR) is 115 cm³/mol. The number of carbonyl (C=O) groups excluding carboxylic acids is 1. The first-order chi connectivity index (χ1) is 15.6. The van der Waals surface area contributed by atoms with Gasteiger partial charge in [0.15, 0.2) is 6.61 Å². The van der Waals surface area contributed by atoms with Crippen LogP contribution in [-0.2, 0) is 22.9 Å². The molecule has 0 aliphatic rings. The molecule has 33 heavy (non-hydrogen) atoms. The van der Waals surface area contributed by atoms with E-state index < -0.39 is 29.2 Å². The predicted octanol–water partition coefficient (Wildman–Crippen LogP) is 5.74. The molecule has 0 radical (unpaired) electrons. The van der Waals surface area contributed by atoms with Crippen molar-refractivity contribution in [3.63, 3.8) is 0 Å². The van der Waals surface area contributed by atoms with Crippen LogP contribution in [-0.4, -0.2) is 17.7 Å². The summed E-state index contributed by atoms with van der Waals surface area (Å²) < 4.78 is 59.9. The highest BCUT2D eigenvalue weighted by atomic mass is 35.5. The Balaban J connectivity index is 2.28. The van der Waals surface area contributed by atoms with E-state index in [9.17, 15) is 22.4 Å². The fraction of sp³-hybridized carbons (Fsp3) is 0.167. The molecule has 0 fully saturated rings. The number of ether oxygens (including phenoxy) is 1. The van der Waals surface area contributed by atoms with Crippen LogP contribution in [0.5, 0.6) is 0 Å². The van der Waals surface area contributed by atoms with Crippen LogP contribution in [0.25, 0.3) is 0 Å². The van der Waals surface area contributed by atoms with Crippen LogP contribution >= 0.6 is 11.6 Å². The van der Waals surface area contributed by atoms with Gasteiger partial charge in [-0.1, -0.05) is 47.9 Å². The van der Waals surface area contributed by atoms with E-state index in [-0.39, 0.29) is 29.3 Å². The quantitative estimate of drug-likeness (QED) is 0.365. The summed E-state index contributed by atoms with van der Waals surface area (Å²) in [7, 11) is 0. The van der Waals surface area contributed by atoms with Gasteiger partial charge in [0.2, 0.25) is 0 Å². The number of amides is 1. The van der Waals surface area contributed by atoms with E-state index >= 15 is 0 Å². The normalized spacial score (nSPS) is 13.0. The second kappa shape index (κ2) is 9.92. The van der Waals surface area contributed by atoms with E-state index in [0.29, 0.717) is 11.6 Å². The number of rotatable bonds is 6. The summed E-state index contributed by atoms with van der Waals surface area (Å²) in [5, 5.41) is 2.84. The third-order valence-corrected chi connectivity index (χ3v) is 5.02. The summed E-state index contributed by atoms with van der Waals surface area (Å²) in [5.41, 5.74) is -2.41. The number of benzene rings is 2. The highest BCUT2D eigenvalue weighted by molar-refractivity contribution is 6.30. The number of alkyl halides is 3. The Morgan fingerprint density at radius 2 is 1.79 bits per heavy atom. The molecule has 1 amide bonds. The van der Waals surface area contributed by atoms with E-state index in [1.165, 1.54) is 18.3 Å². The van der Waals surface area contributed by atoms with Crippen LogP contribution in [0.15, 0.2) is 66.9 Å². The number of nitrogens with one attached hydrogen (secondary N) is 1. The van der Waals surface area contributed by atoms with Crippen molar-refractivity contribution >= 4 is 17.7 Å². The van der Waals surface area contributed by atoms with Crippen molar-refractivity contribution in [3.8, 4) is 12.3 Å². The van der Waals surface area contributed by atoms with E-state index in [2.05, 4.69) is 16.2 Å². The van der Waals surface area contributed by atoms with Gasteiger partial charge < -0.3 is 10.1 Å². The van der Waals surface area contributed by atoms with Crippen LogP contribution in [0, 0.1) is 18.2 Å². The van der Waals surface area contributed by atoms with Crippen LogP contribution < -0.4 is 5.32 Å². The van der Waals surface area contributed by atoms with Gasteiger partial charge in [-0.25, -0.2) is 9.18 Å². The molecule has 0 bridgehead atoms. The Bertz CT molecular complexity index is 1160. The molecular weight excluding hydrogens is 460 g/mol. The minimum absolute atomic E-state index is 0.0750. The number of aromatic nitrogens is 1. The second-order valence-electron chi connectivity index (χ2n) is 7.06. The maximum atomic E-state index is 14.4. The van der Waals surface area contributed by atoms with Gasteiger partial charge in [-0.2, -0.15) is 13.2 Å². The van der Waals surface area contributed by atoms with Crippen molar-refractivity contribution in [1.29, 1.82) is 0 Å². The van der Waals surface area contributed by atoms with Crippen molar-refractivity contribution in [2.75, 3.05) is 6.61 Å². The molecule has 170 valence electrons. The lowest BCUT2D eigenvalue weighted by Gasteiger charge is -2.35. The first-order valence-electron chi connectivity index (χ1n) is 9.57. The van der Waals surface area contributed by atoms with Crippen LogP contribution in [0.2, 0.25) is 5.02 Å². The summed E-state index contributed by atoms with van der Waals surface area (Å²) in [4.78, 5) is 16.8. The highest BCUT2D eigenvalue weighted by Gasteiger charge is 2.41. The van der Waals surface area contributed by atoms with Gasteiger partial charge in [0.1, 0.15) is 11.4 Å². The first kappa shape index (κ1) is 24.1. The SMILES string of the molecule is C#CCOC(=O)NC(Cc1ccccc1)(c1cc(F)cc(C(F)(F)F)c1)c1ccc(Cl)cn1. The number of nitrogens with zero attached hydrogens (tertiary/aromatic N) is 1. The molecular formula is C24H17ClF4N2O2. The molecule has 4 nitrogen and oxygen atoms in total. The first-order valence-corrected chi connectivity index (χ1v) is 9.94. The summed E-state index contributed by atoms with van der Waals surface area (Å²) in [5.74, 6) is 1.00. The van der Waals surface area contributed by atoms with Gasteiger partial charge in [0.05, 0.1) is 16.3 Å². The number of alkyl carbamates (subject to hydrolysis) is 1. The van der Waals surface area contributed by atoms with Crippen LogP contribution in [0.3, 0.4) is 0 Å². The molecule has 1 atom stereocenters. The summed E-state index contributed by atoms with van der Waals surface area (Å²) in [6.07, 6.45) is 0.490. The summed E-state index contributed by atoms with van der Waals surface area (Å²) >= 11 is 5.95. The summed E-state index contributed by atoms with van der Waals surface area (Å²) in [6, 6.07) is 13.6. The van der Waals surface area contributed by atoms with Crippen LogP contribution in [0.1, 0.15) is 22.4 Å². The molecule has 3 aromatic rings. The van der Waals surface area contributed by atoms with E-state index in [1.54, 1.807) is 30.3 Å². The third-order valence-electron chi connectivity index (χ3n) is 4.80. The monoisotopic (exact) mass is 476 g/mol. The Morgan fingerprint density at radius 3 is 2.39 bits per heavy atom. The number of pyridine rings is 1. The van der Waals surface area contributed by atoms with E-state index in [0.717, 1.165) is 12.1 Å². The number of hydrogen-bond donors (Lipinski definition) is 1. The average Bonchev–Trinajstić information content (AvgIpc) is 2.77. The Kier molecular flexibility index (Phi) is 7.24. The molecule has 3 rings (SSSR count). The third kappa shape index (κ3) is 5.82. The Hall–Kier alpha value is -3.57. The van der Waals surface area contributed by atoms with Crippen molar-refractivity contribution < 1.29 is 27.1 Å². The van der Waals surface area contributed by atoms with Gasteiger partial charge in [-0.05, 0) is 41.5 Å². The standard InChI is InChI=1S/C24H17ClF4N2O2/c1-2-10-33-22(32)31-23(14-16-6-4-3-5-7-16,21-9-8-19(25)15-30-21)17-11-18(24(27,28)29)13-20(26)12-17/h1,3-9,11-13,15H,10,14H2,(H,31,32). The minimum Gasteiger partial charge on any atom is -0.436 e. The fourth-order valence-corrected chi connectivity index (χ4v) is 3.48. The van der Waals surface area contributed by atoms with E-state index in [1.807, 2.05) is 0 Å². The molecule has 0 saturated heterocycles. The maximum Gasteiger partial charge on any atom is 0.416 e. The minimum atomic E-state index is -4.83. The molecule has 1 heterocycles. The zero-order valence-electron chi connectivity index (χ0n) is 17.0. The number of hydrogen-bond acceptors (Lipinski definition) is 3. The average molecular weight is 477 g/mol. The molecule has 1 aromatic heterocycles. The zero-order chi connectivity index (χ0) is 24.1. The molecule has 9 heteroatoms. The molecule has 0 spiro atoms. The molecule has 0 saturated carbocycles. The second-order valence-corrected chi connectivity index (χ2v) is 7.50. The Morgan fingerprint density at radius 1 is 1.09 bits per heavy atom. The number of halogens is 5. The lowest BCUT2D eigenvalue weighted by atomic mass is 9.80. The van der Waals surface area contributed by atoms with Gasteiger partial charge in [0.25, 0.3) is 0 Å². The van der Waals surface area contributed by atoms with Gasteiger partial charge in [-0.15, -0.1) is 6.42 Å². The largest absolute Gasteiger partial charge is 0.436 e. The van der Waals surface area contributed by atoms with Crippen molar-refractivity contribution in [2.45, 2.75) is 18.1 Å². The number of terminal acetylenes is 1. The lowest BCUT2D eigenvalue weighted by Crippen LogP contribution is -2.49. The maximum absolute atomic E-state index is 14.4. The topological polar surface area (TPSA) is 51.2 Å². The molecule has 0 aliphatic carbocycles. The molecule has 0 aliphatic heterocycles. The lowest BCUT2D eigenvalue weighted by molar-refractivity contribution is -0.137.